The second-order valence-corrected chi connectivity index (χ2v) is 8.86. The summed E-state index contributed by atoms with van der Waals surface area (Å²) in [7, 11) is 1.59. The third-order valence-corrected chi connectivity index (χ3v) is 6.09. The molecular formula is C27H27FN4O4. The lowest BCUT2D eigenvalue weighted by Gasteiger charge is -2.30. The molecule has 1 atom stereocenters. The van der Waals surface area contributed by atoms with Gasteiger partial charge in [-0.3, -0.25) is 4.79 Å². The summed E-state index contributed by atoms with van der Waals surface area (Å²) in [6.07, 6.45) is 5.28. The fourth-order valence-corrected chi connectivity index (χ4v) is 3.80. The third-order valence-electron chi connectivity index (χ3n) is 6.09. The Morgan fingerprint density at radius 1 is 1.31 bits per heavy atom. The van der Waals surface area contributed by atoms with Crippen molar-refractivity contribution in [2.24, 2.45) is 0 Å². The van der Waals surface area contributed by atoms with Gasteiger partial charge in [0, 0.05) is 30.9 Å². The first-order valence-electron chi connectivity index (χ1n) is 11.6. The predicted molar refractivity (Wildman–Crippen MR) is 133 cm³/mol. The van der Waals surface area contributed by atoms with E-state index in [4.69, 9.17) is 10.1 Å². The number of fused-ring (bicyclic) bond motifs is 1. The van der Waals surface area contributed by atoms with E-state index in [0.29, 0.717) is 29.8 Å². The van der Waals surface area contributed by atoms with E-state index in [0.717, 1.165) is 12.0 Å². The second-order valence-electron chi connectivity index (χ2n) is 8.86. The number of hydrogen-bond acceptors (Lipinski definition) is 5. The topological polar surface area (TPSA) is 115 Å². The van der Waals surface area contributed by atoms with Crippen molar-refractivity contribution in [3.8, 4) is 17.6 Å². The maximum Gasteiger partial charge on any atom is 0.319 e. The molecule has 0 unspecified atom stereocenters. The van der Waals surface area contributed by atoms with Gasteiger partial charge in [-0.1, -0.05) is 24.0 Å². The molecule has 4 rings (SSSR count). The fraction of sp³-hybridized carbons (Fsp3) is 0.296. The van der Waals surface area contributed by atoms with E-state index < -0.39 is 17.7 Å². The molecular weight excluding hydrogens is 463 g/mol. The van der Waals surface area contributed by atoms with Gasteiger partial charge in [0.25, 0.3) is 5.91 Å². The lowest BCUT2D eigenvalue weighted by molar-refractivity contribution is -0.120. The van der Waals surface area contributed by atoms with Gasteiger partial charge in [0.05, 0.1) is 5.69 Å². The average molecular weight is 491 g/mol. The molecule has 186 valence electrons. The molecule has 8 nitrogen and oxygen atoms in total. The van der Waals surface area contributed by atoms with Crippen molar-refractivity contribution in [3.05, 3.63) is 71.7 Å². The van der Waals surface area contributed by atoms with Crippen LogP contribution in [0.3, 0.4) is 0 Å². The molecule has 0 bridgehead atoms. The van der Waals surface area contributed by atoms with Crippen LogP contribution in [0.1, 0.15) is 30.4 Å². The number of ether oxygens (including phenoxy) is 1. The Labute approximate surface area is 208 Å². The van der Waals surface area contributed by atoms with Gasteiger partial charge < -0.3 is 30.8 Å². The lowest BCUT2D eigenvalue weighted by atomic mass is 9.81. The van der Waals surface area contributed by atoms with Gasteiger partial charge in [0.2, 0.25) is 0 Å². The molecule has 0 aromatic heterocycles. The molecule has 2 aromatic rings. The Kier molecular flexibility index (Phi) is 7.36. The van der Waals surface area contributed by atoms with E-state index in [-0.39, 0.29) is 30.5 Å². The van der Waals surface area contributed by atoms with Crippen LogP contribution < -0.4 is 20.3 Å². The number of halogens is 1. The van der Waals surface area contributed by atoms with Gasteiger partial charge in [-0.2, -0.15) is 0 Å². The summed E-state index contributed by atoms with van der Waals surface area (Å²) in [6.45, 7) is -0.0571. The van der Waals surface area contributed by atoms with E-state index in [9.17, 15) is 19.1 Å². The third kappa shape index (κ3) is 6.09. The van der Waals surface area contributed by atoms with Gasteiger partial charge in [0.15, 0.2) is 0 Å². The molecule has 1 saturated carbocycles. The Morgan fingerprint density at radius 2 is 2.06 bits per heavy atom. The lowest BCUT2D eigenvalue weighted by Crippen LogP contribution is -2.51. The van der Waals surface area contributed by atoms with Crippen LogP contribution in [-0.2, 0) is 11.2 Å². The number of aliphatic hydroxyl groups is 1. The molecule has 1 aliphatic carbocycles. The predicted octanol–water partition coefficient (Wildman–Crippen LogP) is 2.89. The molecule has 0 radical (unpaired) electrons. The van der Waals surface area contributed by atoms with Crippen LogP contribution in [0.5, 0.6) is 5.75 Å². The summed E-state index contributed by atoms with van der Waals surface area (Å²) in [4.78, 5) is 26.7. The molecule has 4 N–H and O–H groups in total. The summed E-state index contributed by atoms with van der Waals surface area (Å²) in [5, 5.41) is 23.2. The zero-order valence-corrected chi connectivity index (χ0v) is 19.8. The number of rotatable bonds is 5. The zero-order chi connectivity index (χ0) is 25.7. The van der Waals surface area contributed by atoms with Gasteiger partial charge in [-0.15, -0.1) is 0 Å². The molecule has 36 heavy (non-hydrogen) atoms. The molecule has 0 saturated heterocycles. The van der Waals surface area contributed by atoms with Crippen LogP contribution in [0.25, 0.3) is 0 Å². The number of carbonyl (C=O) groups excluding carboxylic acids is 2. The highest BCUT2D eigenvalue weighted by Gasteiger charge is 2.32. The summed E-state index contributed by atoms with van der Waals surface area (Å²) >= 11 is 0. The highest BCUT2D eigenvalue weighted by molar-refractivity contribution is 6.01. The molecule has 2 aliphatic rings. The van der Waals surface area contributed by atoms with Crippen LogP contribution in [0.15, 0.2) is 54.7 Å². The van der Waals surface area contributed by atoms with Crippen molar-refractivity contribution in [1.82, 2.24) is 10.6 Å². The quantitative estimate of drug-likeness (QED) is 0.381. The van der Waals surface area contributed by atoms with E-state index in [1.165, 1.54) is 29.3 Å². The minimum Gasteiger partial charge on any atom is -0.489 e. The van der Waals surface area contributed by atoms with Crippen LogP contribution in [0.4, 0.5) is 14.9 Å². The highest BCUT2D eigenvalue weighted by Crippen LogP contribution is 2.33. The van der Waals surface area contributed by atoms with E-state index >= 15 is 0 Å². The number of amides is 3. The number of hydrogen-bond donors (Lipinski definition) is 4. The molecule has 2 aromatic carbocycles. The maximum atomic E-state index is 13.0. The van der Waals surface area contributed by atoms with Gasteiger partial charge in [-0.05, 0) is 61.2 Å². The first kappa shape index (κ1) is 24.9. The molecule has 9 heteroatoms. The van der Waals surface area contributed by atoms with Crippen molar-refractivity contribution in [2.45, 2.75) is 37.3 Å². The van der Waals surface area contributed by atoms with Crippen molar-refractivity contribution in [2.75, 3.05) is 18.6 Å². The van der Waals surface area contributed by atoms with Gasteiger partial charge in [0.1, 0.15) is 29.8 Å². The van der Waals surface area contributed by atoms with Crippen molar-refractivity contribution < 1.29 is 23.8 Å². The standard InChI is InChI=1S/C27H27FN4O4/c1-32-23-16-19(9-13-27(35)11-2-12-27)5-8-24(23)36-17-22(25(32)33)31-26(34)30-14-10-21(29)15-18-3-6-20(28)7-4-18/h3-8,10,14,16,22,29,35H,2,11-12,15,17H2,1H3,(H2,30,31,34)/b14-10-,29-21?/t22-/m0/s1. The Balaban J connectivity index is 1.33. The number of likely N-dealkylation sites (N-methyl/N-ethyl adjacent to an activating group) is 1. The summed E-state index contributed by atoms with van der Waals surface area (Å²) in [5.41, 5.74) is 1.23. The molecule has 0 spiro atoms. The smallest absolute Gasteiger partial charge is 0.319 e. The Hall–Kier alpha value is -4.16. The summed E-state index contributed by atoms with van der Waals surface area (Å²) in [5.74, 6) is 5.65. The number of urea groups is 1. The minimum absolute atomic E-state index is 0.0571. The average Bonchev–Trinajstić information content (AvgIpc) is 2.95. The first-order chi connectivity index (χ1) is 17.2. The van der Waals surface area contributed by atoms with Crippen molar-refractivity contribution in [1.29, 1.82) is 5.41 Å². The van der Waals surface area contributed by atoms with Crippen LogP contribution in [0.2, 0.25) is 0 Å². The number of anilines is 1. The molecule has 1 fully saturated rings. The summed E-state index contributed by atoms with van der Waals surface area (Å²) in [6, 6.07) is 9.49. The number of nitrogens with one attached hydrogen (secondary N) is 3. The van der Waals surface area contributed by atoms with E-state index in [1.54, 1.807) is 37.4 Å². The molecule has 3 amide bonds. The van der Waals surface area contributed by atoms with Crippen LogP contribution in [0, 0.1) is 23.1 Å². The second kappa shape index (κ2) is 10.6. The van der Waals surface area contributed by atoms with Crippen molar-refractivity contribution >= 4 is 23.3 Å². The zero-order valence-electron chi connectivity index (χ0n) is 19.8. The summed E-state index contributed by atoms with van der Waals surface area (Å²) < 4.78 is 18.8. The number of benzene rings is 2. The monoisotopic (exact) mass is 490 g/mol. The number of allylic oxidation sites excluding steroid dienone is 1. The van der Waals surface area contributed by atoms with Crippen molar-refractivity contribution in [3.63, 3.8) is 0 Å². The molecule has 1 heterocycles. The van der Waals surface area contributed by atoms with E-state index in [2.05, 4.69) is 22.5 Å². The van der Waals surface area contributed by atoms with Crippen LogP contribution >= 0.6 is 0 Å². The van der Waals surface area contributed by atoms with Crippen LogP contribution in [-0.4, -0.2) is 48.1 Å². The normalized spacial score (nSPS) is 18.1. The van der Waals surface area contributed by atoms with Gasteiger partial charge in [-0.25, -0.2) is 9.18 Å². The number of nitrogens with zero attached hydrogens (tertiary/aromatic N) is 1. The Morgan fingerprint density at radius 3 is 2.75 bits per heavy atom. The SMILES string of the molecule is CN1C(=O)[C@@H](NC(=O)N/C=C\C(=N)Cc2ccc(F)cc2)COc2ccc(C#CC3(O)CCC3)cc21. The first-order valence-corrected chi connectivity index (χ1v) is 11.6. The maximum absolute atomic E-state index is 13.0. The largest absolute Gasteiger partial charge is 0.489 e. The van der Waals surface area contributed by atoms with Gasteiger partial charge >= 0.3 is 6.03 Å². The fourth-order valence-electron chi connectivity index (χ4n) is 3.80. The minimum atomic E-state index is -0.931. The number of carbonyl (C=O) groups is 2. The van der Waals surface area contributed by atoms with E-state index in [1.807, 2.05) is 0 Å². The molecule has 1 aliphatic heterocycles. The highest BCUT2D eigenvalue weighted by atomic mass is 19.1. The Bertz CT molecular complexity index is 1260.